The van der Waals surface area contributed by atoms with E-state index in [4.69, 9.17) is 21.1 Å². The van der Waals surface area contributed by atoms with E-state index in [2.05, 4.69) is 9.62 Å². The minimum absolute atomic E-state index is 0.171. The van der Waals surface area contributed by atoms with E-state index in [0.717, 1.165) is 18.7 Å². The molecule has 1 unspecified atom stereocenters. The van der Waals surface area contributed by atoms with E-state index in [-0.39, 0.29) is 17.5 Å². The van der Waals surface area contributed by atoms with Crippen LogP contribution in [0.5, 0.6) is 5.75 Å². The molecule has 27 heavy (non-hydrogen) atoms. The number of morpholine rings is 1. The summed E-state index contributed by atoms with van der Waals surface area (Å²) in [5.74, 6) is 0.608. The molecule has 1 fully saturated rings. The quantitative estimate of drug-likeness (QED) is 0.760. The van der Waals surface area contributed by atoms with Crippen LogP contribution in [0.25, 0.3) is 0 Å². The van der Waals surface area contributed by atoms with E-state index >= 15 is 0 Å². The molecule has 1 N–H and O–H groups in total. The number of ether oxygens (including phenoxy) is 2. The average Bonchev–Trinajstić information content (AvgIpc) is 2.70. The molecule has 0 aliphatic carbocycles. The summed E-state index contributed by atoms with van der Waals surface area (Å²) in [5.41, 5.74) is 0.901. The molecular weight excluding hydrogens is 388 g/mol. The SMILES string of the molecule is COc1ccc(S(=O)(=O)NCC(c2ccccc2Cl)N2CCOCC2)cc1. The third-order valence-corrected chi connectivity index (χ3v) is 6.37. The molecule has 146 valence electrons. The van der Waals surface area contributed by atoms with Crippen molar-refractivity contribution in [1.29, 1.82) is 0 Å². The van der Waals surface area contributed by atoms with Crippen LogP contribution in [0.1, 0.15) is 11.6 Å². The molecule has 1 aliphatic heterocycles. The predicted octanol–water partition coefficient (Wildman–Crippen LogP) is 2.70. The highest BCUT2D eigenvalue weighted by atomic mass is 35.5. The minimum Gasteiger partial charge on any atom is -0.497 e. The van der Waals surface area contributed by atoms with E-state index in [1.807, 2.05) is 24.3 Å². The Balaban J connectivity index is 1.80. The van der Waals surface area contributed by atoms with Crippen LogP contribution in [0.3, 0.4) is 0 Å². The maximum absolute atomic E-state index is 12.7. The largest absolute Gasteiger partial charge is 0.497 e. The molecular formula is C19H23ClN2O4S. The van der Waals surface area contributed by atoms with Gasteiger partial charge in [-0.3, -0.25) is 4.90 Å². The number of halogens is 1. The normalized spacial score (nSPS) is 16.8. The molecule has 3 rings (SSSR count). The average molecular weight is 411 g/mol. The predicted molar refractivity (Wildman–Crippen MR) is 105 cm³/mol. The Morgan fingerprint density at radius 1 is 1.15 bits per heavy atom. The summed E-state index contributed by atoms with van der Waals surface area (Å²) >= 11 is 6.39. The van der Waals surface area contributed by atoms with Gasteiger partial charge in [0.25, 0.3) is 0 Å². The van der Waals surface area contributed by atoms with Gasteiger partial charge in [0.15, 0.2) is 0 Å². The van der Waals surface area contributed by atoms with Crippen molar-refractivity contribution in [3.05, 3.63) is 59.1 Å². The molecule has 8 heteroatoms. The summed E-state index contributed by atoms with van der Waals surface area (Å²) in [6, 6.07) is 13.7. The first-order valence-corrected chi connectivity index (χ1v) is 10.6. The van der Waals surface area contributed by atoms with Crippen molar-refractivity contribution in [3.8, 4) is 5.75 Å². The number of nitrogens with one attached hydrogen (secondary N) is 1. The topological polar surface area (TPSA) is 67.9 Å². The molecule has 2 aromatic rings. The van der Waals surface area contributed by atoms with Crippen LogP contribution < -0.4 is 9.46 Å². The fourth-order valence-electron chi connectivity index (χ4n) is 3.10. The van der Waals surface area contributed by atoms with Gasteiger partial charge < -0.3 is 9.47 Å². The number of hydrogen-bond donors (Lipinski definition) is 1. The van der Waals surface area contributed by atoms with Crippen molar-refractivity contribution in [1.82, 2.24) is 9.62 Å². The Morgan fingerprint density at radius 2 is 1.81 bits per heavy atom. The third kappa shape index (κ3) is 5.00. The third-order valence-electron chi connectivity index (χ3n) is 4.59. The number of rotatable bonds is 7. The Bertz CT molecular complexity index is 852. The van der Waals surface area contributed by atoms with Crippen LogP contribution in [0.15, 0.2) is 53.4 Å². The van der Waals surface area contributed by atoms with Gasteiger partial charge in [0.1, 0.15) is 5.75 Å². The molecule has 0 bridgehead atoms. The van der Waals surface area contributed by atoms with Crippen LogP contribution in [-0.2, 0) is 14.8 Å². The first-order chi connectivity index (χ1) is 13.0. The monoisotopic (exact) mass is 410 g/mol. The Kier molecular flexibility index (Phi) is 6.73. The Labute approximate surface area is 165 Å². The van der Waals surface area contributed by atoms with Gasteiger partial charge in [-0.25, -0.2) is 13.1 Å². The molecule has 0 aromatic heterocycles. The van der Waals surface area contributed by atoms with Gasteiger partial charge in [0.2, 0.25) is 10.0 Å². The van der Waals surface area contributed by atoms with Gasteiger partial charge in [0, 0.05) is 30.7 Å². The summed E-state index contributed by atoms with van der Waals surface area (Å²) in [4.78, 5) is 2.39. The fraction of sp³-hybridized carbons (Fsp3) is 0.368. The van der Waals surface area contributed by atoms with E-state index in [1.54, 1.807) is 12.1 Å². The van der Waals surface area contributed by atoms with Crippen molar-refractivity contribution in [2.24, 2.45) is 0 Å². The molecule has 1 heterocycles. The van der Waals surface area contributed by atoms with Crippen LogP contribution in [0, 0.1) is 0 Å². The van der Waals surface area contributed by atoms with E-state index in [0.29, 0.717) is 24.0 Å². The lowest BCUT2D eigenvalue weighted by atomic mass is 10.0. The zero-order valence-corrected chi connectivity index (χ0v) is 16.7. The molecule has 0 saturated carbocycles. The van der Waals surface area contributed by atoms with Gasteiger partial charge >= 0.3 is 0 Å². The first-order valence-electron chi connectivity index (χ1n) is 8.71. The molecule has 6 nitrogen and oxygen atoms in total. The standard InChI is InChI=1S/C19H23ClN2O4S/c1-25-15-6-8-16(9-7-15)27(23,24)21-14-19(22-10-12-26-13-11-22)17-4-2-3-5-18(17)20/h2-9,19,21H,10-14H2,1H3. The van der Waals surface area contributed by atoms with Crippen LogP contribution in [-0.4, -0.2) is 53.3 Å². The molecule has 1 aliphatic rings. The van der Waals surface area contributed by atoms with Crippen LogP contribution in [0.2, 0.25) is 5.02 Å². The van der Waals surface area contributed by atoms with E-state index in [9.17, 15) is 8.42 Å². The molecule has 0 radical (unpaired) electrons. The summed E-state index contributed by atoms with van der Waals surface area (Å²) in [5, 5.41) is 0.623. The molecule has 0 spiro atoms. The van der Waals surface area contributed by atoms with Gasteiger partial charge in [-0.2, -0.15) is 0 Å². The van der Waals surface area contributed by atoms with Crippen LogP contribution >= 0.6 is 11.6 Å². The molecule has 1 saturated heterocycles. The summed E-state index contributed by atoms with van der Waals surface area (Å²) < 4.78 is 38.6. The highest BCUT2D eigenvalue weighted by Gasteiger charge is 2.26. The van der Waals surface area contributed by atoms with Crippen molar-refractivity contribution in [3.63, 3.8) is 0 Å². The second-order valence-corrected chi connectivity index (χ2v) is 8.39. The number of benzene rings is 2. The lowest BCUT2D eigenvalue weighted by molar-refractivity contribution is 0.0172. The molecule has 1 atom stereocenters. The fourth-order valence-corrected chi connectivity index (χ4v) is 4.40. The lowest BCUT2D eigenvalue weighted by Crippen LogP contribution is -2.43. The zero-order valence-electron chi connectivity index (χ0n) is 15.1. The van der Waals surface area contributed by atoms with Gasteiger partial charge in [-0.15, -0.1) is 0 Å². The second kappa shape index (κ2) is 9.03. The van der Waals surface area contributed by atoms with E-state index < -0.39 is 10.0 Å². The summed E-state index contributed by atoms with van der Waals surface area (Å²) in [6.45, 7) is 2.90. The minimum atomic E-state index is -3.65. The maximum Gasteiger partial charge on any atom is 0.240 e. The Morgan fingerprint density at radius 3 is 2.44 bits per heavy atom. The summed E-state index contributed by atoms with van der Waals surface area (Å²) in [6.07, 6.45) is 0. The summed E-state index contributed by atoms with van der Waals surface area (Å²) in [7, 11) is -2.11. The van der Waals surface area contributed by atoms with Gasteiger partial charge in [-0.1, -0.05) is 29.8 Å². The second-order valence-electron chi connectivity index (χ2n) is 6.21. The lowest BCUT2D eigenvalue weighted by Gasteiger charge is -2.35. The van der Waals surface area contributed by atoms with E-state index in [1.165, 1.54) is 19.2 Å². The highest BCUT2D eigenvalue weighted by Crippen LogP contribution is 2.28. The Hall–Kier alpha value is -1.64. The van der Waals surface area contributed by atoms with Gasteiger partial charge in [-0.05, 0) is 35.9 Å². The smallest absolute Gasteiger partial charge is 0.240 e. The highest BCUT2D eigenvalue weighted by molar-refractivity contribution is 7.89. The maximum atomic E-state index is 12.7. The number of methoxy groups -OCH3 is 1. The van der Waals surface area contributed by atoms with Gasteiger partial charge in [0.05, 0.1) is 25.2 Å². The van der Waals surface area contributed by atoms with Crippen molar-refractivity contribution in [2.45, 2.75) is 10.9 Å². The first kappa shape index (κ1) is 20.1. The molecule has 0 amide bonds. The number of hydrogen-bond acceptors (Lipinski definition) is 5. The van der Waals surface area contributed by atoms with Crippen molar-refractivity contribution < 1.29 is 17.9 Å². The molecule has 2 aromatic carbocycles. The number of nitrogens with zero attached hydrogens (tertiary/aromatic N) is 1. The number of sulfonamides is 1. The van der Waals surface area contributed by atoms with Crippen molar-refractivity contribution in [2.75, 3.05) is 40.0 Å². The van der Waals surface area contributed by atoms with Crippen molar-refractivity contribution >= 4 is 21.6 Å². The zero-order chi connectivity index (χ0) is 19.3. The van der Waals surface area contributed by atoms with Crippen LogP contribution in [0.4, 0.5) is 0 Å².